The Morgan fingerprint density at radius 2 is 2.29 bits per heavy atom. The Morgan fingerprint density at radius 1 is 1.47 bits per heavy atom. The van der Waals surface area contributed by atoms with Crippen LogP contribution in [0.15, 0.2) is 16.7 Å². The molecule has 0 spiro atoms. The van der Waals surface area contributed by atoms with E-state index in [9.17, 15) is 0 Å². The molecule has 0 aliphatic carbocycles. The number of rotatable bonds is 3. The standard InChI is InChI=1S/C13H22N2OS/c1-13(2)4-5-15(6-8-17-13)10-11-3-7-16-12(11)9-14/h3,7H,4-6,8-10,14H2,1-2H3. The Balaban J connectivity index is 1.95. The smallest absolute Gasteiger partial charge is 0.121 e. The molecule has 0 unspecified atom stereocenters. The zero-order valence-electron chi connectivity index (χ0n) is 10.7. The van der Waals surface area contributed by atoms with Crippen LogP contribution in [0.5, 0.6) is 0 Å². The lowest BCUT2D eigenvalue weighted by atomic mass is 10.1. The van der Waals surface area contributed by atoms with E-state index < -0.39 is 0 Å². The summed E-state index contributed by atoms with van der Waals surface area (Å²) in [5, 5.41) is 0. The largest absolute Gasteiger partial charge is 0.468 e. The Hall–Kier alpha value is -0.450. The first kappa shape index (κ1) is 13.0. The topological polar surface area (TPSA) is 42.4 Å². The average Bonchev–Trinajstić information content (AvgIpc) is 2.65. The van der Waals surface area contributed by atoms with Crippen molar-refractivity contribution in [3.8, 4) is 0 Å². The summed E-state index contributed by atoms with van der Waals surface area (Å²) in [4.78, 5) is 2.51. The predicted molar refractivity (Wildman–Crippen MR) is 73.0 cm³/mol. The van der Waals surface area contributed by atoms with Gasteiger partial charge in [-0.25, -0.2) is 0 Å². The molecular formula is C13H22N2OS. The SMILES string of the molecule is CC1(C)CCN(Cc2ccoc2CN)CCS1. The van der Waals surface area contributed by atoms with E-state index in [0.29, 0.717) is 11.3 Å². The molecule has 0 radical (unpaired) electrons. The molecule has 1 saturated heterocycles. The molecule has 1 aromatic heterocycles. The van der Waals surface area contributed by atoms with Crippen molar-refractivity contribution >= 4 is 11.8 Å². The lowest BCUT2D eigenvalue weighted by Crippen LogP contribution is -2.27. The molecule has 0 bridgehead atoms. The van der Waals surface area contributed by atoms with Crippen LogP contribution in [0.1, 0.15) is 31.6 Å². The molecule has 0 saturated carbocycles. The Labute approximate surface area is 108 Å². The summed E-state index contributed by atoms with van der Waals surface area (Å²) < 4.78 is 5.79. The van der Waals surface area contributed by atoms with Gasteiger partial charge in [-0.2, -0.15) is 11.8 Å². The third-order valence-corrected chi connectivity index (χ3v) is 4.72. The molecular weight excluding hydrogens is 232 g/mol. The van der Waals surface area contributed by atoms with Crippen LogP contribution < -0.4 is 5.73 Å². The number of thioether (sulfide) groups is 1. The van der Waals surface area contributed by atoms with Gasteiger partial charge in [0.2, 0.25) is 0 Å². The molecule has 1 aromatic rings. The molecule has 1 aliphatic heterocycles. The maximum atomic E-state index is 5.66. The van der Waals surface area contributed by atoms with Crippen LogP contribution in [0, 0.1) is 0 Å². The van der Waals surface area contributed by atoms with Gasteiger partial charge in [0, 0.05) is 29.2 Å². The van der Waals surface area contributed by atoms with Crippen LogP contribution in [0.4, 0.5) is 0 Å². The van der Waals surface area contributed by atoms with E-state index >= 15 is 0 Å². The van der Waals surface area contributed by atoms with Crippen LogP contribution in [-0.4, -0.2) is 28.5 Å². The van der Waals surface area contributed by atoms with E-state index in [2.05, 4.69) is 30.5 Å². The summed E-state index contributed by atoms with van der Waals surface area (Å²) in [6.45, 7) is 8.46. The predicted octanol–water partition coefficient (Wildman–Crippen LogP) is 2.46. The molecule has 0 amide bonds. The number of nitrogens with two attached hydrogens (primary N) is 1. The Morgan fingerprint density at radius 3 is 3.06 bits per heavy atom. The van der Waals surface area contributed by atoms with Crippen LogP contribution in [0.25, 0.3) is 0 Å². The summed E-state index contributed by atoms with van der Waals surface area (Å²) >= 11 is 2.08. The summed E-state index contributed by atoms with van der Waals surface area (Å²) in [7, 11) is 0. The second kappa shape index (κ2) is 5.46. The van der Waals surface area contributed by atoms with Crippen molar-refractivity contribution in [3.63, 3.8) is 0 Å². The average molecular weight is 254 g/mol. The Kier molecular flexibility index (Phi) is 4.17. The first-order chi connectivity index (χ1) is 8.11. The van der Waals surface area contributed by atoms with Crippen LogP contribution >= 0.6 is 11.8 Å². The van der Waals surface area contributed by atoms with E-state index in [-0.39, 0.29) is 0 Å². The van der Waals surface area contributed by atoms with Crippen molar-refractivity contribution in [1.29, 1.82) is 0 Å². The van der Waals surface area contributed by atoms with E-state index in [4.69, 9.17) is 10.2 Å². The molecule has 96 valence electrons. The molecule has 1 fully saturated rings. The highest BCUT2D eigenvalue weighted by Crippen LogP contribution is 2.31. The van der Waals surface area contributed by atoms with Crippen molar-refractivity contribution in [3.05, 3.63) is 23.7 Å². The monoisotopic (exact) mass is 254 g/mol. The van der Waals surface area contributed by atoms with Gasteiger partial charge in [0.25, 0.3) is 0 Å². The molecule has 2 rings (SSSR count). The van der Waals surface area contributed by atoms with Gasteiger partial charge in [0.15, 0.2) is 0 Å². The van der Waals surface area contributed by atoms with E-state index in [0.717, 1.165) is 25.4 Å². The lowest BCUT2D eigenvalue weighted by molar-refractivity contribution is 0.274. The van der Waals surface area contributed by atoms with E-state index in [1.165, 1.54) is 17.7 Å². The van der Waals surface area contributed by atoms with Crippen molar-refractivity contribution in [2.75, 3.05) is 18.8 Å². The highest BCUT2D eigenvalue weighted by atomic mass is 32.2. The summed E-state index contributed by atoms with van der Waals surface area (Å²) in [5.74, 6) is 2.14. The minimum atomic E-state index is 0.418. The van der Waals surface area contributed by atoms with Crippen molar-refractivity contribution in [2.24, 2.45) is 5.73 Å². The number of nitrogens with zero attached hydrogens (tertiary/aromatic N) is 1. The van der Waals surface area contributed by atoms with Gasteiger partial charge in [-0.05, 0) is 19.0 Å². The highest BCUT2D eigenvalue weighted by Gasteiger charge is 2.24. The zero-order valence-corrected chi connectivity index (χ0v) is 11.6. The fraction of sp³-hybridized carbons (Fsp3) is 0.692. The van der Waals surface area contributed by atoms with Crippen molar-refractivity contribution < 1.29 is 4.42 Å². The molecule has 2 heterocycles. The maximum absolute atomic E-state index is 5.66. The van der Waals surface area contributed by atoms with E-state index in [1.807, 2.05) is 6.07 Å². The quantitative estimate of drug-likeness (QED) is 0.899. The van der Waals surface area contributed by atoms with Gasteiger partial charge in [-0.1, -0.05) is 13.8 Å². The number of furan rings is 1. The third kappa shape index (κ3) is 3.50. The van der Waals surface area contributed by atoms with Gasteiger partial charge < -0.3 is 10.2 Å². The normalized spacial score (nSPS) is 21.4. The summed E-state index contributed by atoms with van der Waals surface area (Å²) in [6, 6.07) is 2.05. The van der Waals surface area contributed by atoms with Gasteiger partial charge in [0.05, 0.1) is 12.8 Å². The molecule has 17 heavy (non-hydrogen) atoms. The van der Waals surface area contributed by atoms with Crippen molar-refractivity contribution in [2.45, 2.75) is 38.1 Å². The summed E-state index contributed by atoms with van der Waals surface area (Å²) in [5.41, 5.74) is 6.91. The first-order valence-corrected chi connectivity index (χ1v) is 7.21. The Bertz CT molecular complexity index is 362. The second-order valence-corrected chi connectivity index (χ2v) is 7.01. The van der Waals surface area contributed by atoms with Gasteiger partial charge in [-0.15, -0.1) is 0 Å². The number of hydrogen-bond donors (Lipinski definition) is 1. The number of hydrogen-bond acceptors (Lipinski definition) is 4. The summed E-state index contributed by atoms with van der Waals surface area (Å²) in [6.07, 6.45) is 2.99. The van der Waals surface area contributed by atoms with E-state index in [1.54, 1.807) is 6.26 Å². The maximum Gasteiger partial charge on any atom is 0.121 e. The minimum absolute atomic E-state index is 0.418. The van der Waals surface area contributed by atoms with Crippen LogP contribution in [-0.2, 0) is 13.1 Å². The first-order valence-electron chi connectivity index (χ1n) is 6.22. The molecule has 0 atom stereocenters. The molecule has 4 heteroatoms. The lowest BCUT2D eigenvalue weighted by Gasteiger charge is -2.22. The molecule has 0 aromatic carbocycles. The fourth-order valence-corrected chi connectivity index (χ4v) is 3.29. The van der Waals surface area contributed by atoms with Crippen LogP contribution in [0.2, 0.25) is 0 Å². The molecule has 1 aliphatic rings. The van der Waals surface area contributed by atoms with Gasteiger partial charge >= 0.3 is 0 Å². The van der Waals surface area contributed by atoms with Crippen LogP contribution in [0.3, 0.4) is 0 Å². The second-order valence-electron chi connectivity index (χ2n) is 5.21. The molecule has 2 N–H and O–H groups in total. The van der Waals surface area contributed by atoms with Gasteiger partial charge in [0.1, 0.15) is 5.76 Å². The van der Waals surface area contributed by atoms with Gasteiger partial charge in [-0.3, -0.25) is 4.90 Å². The fourth-order valence-electron chi connectivity index (χ4n) is 2.15. The minimum Gasteiger partial charge on any atom is -0.468 e. The third-order valence-electron chi connectivity index (χ3n) is 3.35. The van der Waals surface area contributed by atoms with Crippen molar-refractivity contribution in [1.82, 2.24) is 4.90 Å². The highest BCUT2D eigenvalue weighted by molar-refractivity contribution is 8.00. The zero-order chi connectivity index (χ0) is 12.3. The molecule has 3 nitrogen and oxygen atoms in total.